The molecular formula is C30H44O5. The van der Waals surface area contributed by atoms with Gasteiger partial charge in [0.15, 0.2) is 11.5 Å². The van der Waals surface area contributed by atoms with Crippen LogP contribution < -0.4 is 0 Å². The fourth-order valence-corrected chi connectivity index (χ4v) is 10.7. The molecule has 0 aromatic rings. The zero-order chi connectivity index (χ0) is 25.8. The van der Waals surface area contributed by atoms with Gasteiger partial charge in [-0.05, 0) is 117 Å². The quantitative estimate of drug-likeness (QED) is 0.436. The predicted molar refractivity (Wildman–Crippen MR) is 134 cm³/mol. The Morgan fingerprint density at radius 2 is 1.49 bits per heavy atom. The average molecular weight is 485 g/mol. The fourth-order valence-electron chi connectivity index (χ4n) is 10.7. The number of carboxylic acid groups (broad SMARTS) is 1. The van der Waals surface area contributed by atoms with Crippen LogP contribution in [0.25, 0.3) is 0 Å². The summed E-state index contributed by atoms with van der Waals surface area (Å²) in [6, 6.07) is 0. The van der Waals surface area contributed by atoms with Crippen molar-refractivity contribution in [2.45, 2.75) is 106 Å². The molecule has 9 atom stereocenters. The number of hydrogen-bond acceptors (Lipinski definition) is 4. The van der Waals surface area contributed by atoms with Gasteiger partial charge in [0.25, 0.3) is 0 Å². The number of carboxylic acids is 1. The predicted octanol–water partition coefficient (Wildman–Crippen LogP) is 6.51. The molecular weight excluding hydrogens is 440 g/mol. The summed E-state index contributed by atoms with van der Waals surface area (Å²) in [5, 5.41) is 20.6. The second kappa shape index (κ2) is 7.22. The number of Topliss-reactive ketones (excluding diaryl/α,β-unsaturated/α-hetero) is 1. The molecule has 5 heteroatoms. The van der Waals surface area contributed by atoms with Crippen LogP contribution in [0, 0.1) is 50.2 Å². The van der Waals surface area contributed by atoms with E-state index in [0.29, 0.717) is 23.8 Å². The largest absolute Gasteiger partial charge is 0.504 e. The second-order valence-electron chi connectivity index (χ2n) is 14.5. The van der Waals surface area contributed by atoms with E-state index in [0.717, 1.165) is 57.7 Å². The van der Waals surface area contributed by atoms with E-state index in [1.165, 1.54) is 0 Å². The number of aldehydes is 1. The van der Waals surface area contributed by atoms with Gasteiger partial charge in [0.2, 0.25) is 0 Å². The van der Waals surface area contributed by atoms with Crippen LogP contribution in [0.4, 0.5) is 0 Å². The molecule has 5 nitrogen and oxygen atoms in total. The van der Waals surface area contributed by atoms with E-state index < -0.39 is 16.8 Å². The van der Waals surface area contributed by atoms with Crippen LogP contribution in [0.3, 0.4) is 0 Å². The highest BCUT2D eigenvalue weighted by atomic mass is 16.4. The van der Waals surface area contributed by atoms with Crippen molar-refractivity contribution in [1.82, 2.24) is 0 Å². The average Bonchev–Trinajstić information content (AvgIpc) is 2.81. The van der Waals surface area contributed by atoms with E-state index in [4.69, 9.17) is 0 Å². The van der Waals surface area contributed by atoms with Crippen LogP contribution in [-0.2, 0) is 14.4 Å². The number of allylic oxidation sites excluding steroid dienone is 2. The number of aliphatic carboxylic acids is 1. The molecule has 0 aromatic heterocycles. The van der Waals surface area contributed by atoms with Gasteiger partial charge in [0.05, 0.1) is 10.8 Å². The van der Waals surface area contributed by atoms with Gasteiger partial charge in [-0.2, -0.15) is 0 Å². The molecule has 0 amide bonds. The molecule has 0 radical (unpaired) electrons. The van der Waals surface area contributed by atoms with Crippen molar-refractivity contribution in [1.29, 1.82) is 0 Å². The number of aliphatic hydroxyl groups is 1. The molecule has 0 heterocycles. The molecule has 4 fully saturated rings. The molecule has 35 heavy (non-hydrogen) atoms. The van der Waals surface area contributed by atoms with Crippen molar-refractivity contribution in [3.8, 4) is 0 Å². The molecule has 0 aromatic carbocycles. The minimum atomic E-state index is -0.747. The highest BCUT2D eigenvalue weighted by Crippen LogP contribution is 2.78. The summed E-state index contributed by atoms with van der Waals surface area (Å²) in [4.78, 5) is 37.8. The maximum Gasteiger partial charge on any atom is 0.309 e. The number of hydrogen-bond donors (Lipinski definition) is 2. The van der Waals surface area contributed by atoms with E-state index in [1.54, 1.807) is 6.92 Å². The van der Waals surface area contributed by atoms with E-state index in [1.807, 2.05) is 6.92 Å². The maximum absolute atomic E-state index is 12.8. The van der Waals surface area contributed by atoms with Crippen LogP contribution >= 0.6 is 0 Å². The Morgan fingerprint density at radius 3 is 2.11 bits per heavy atom. The van der Waals surface area contributed by atoms with Crippen molar-refractivity contribution in [2.24, 2.45) is 50.2 Å². The van der Waals surface area contributed by atoms with Crippen LogP contribution in [0.2, 0.25) is 0 Å². The van der Waals surface area contributed by atoms with Crippen LogP contribution in [-0.4, -0.2) is 28.3 Å². The molecule has 0 saturated heterocycles. The molecule has 5 rings (SSSR count). The highest BCUT2D eigenvalue weighted by molar-refractivity contribution is 5.97. The third kappa shape index (κ3) is 2.84. The Balaban J connectivity index is 1.59. The van der Waals surface area contributed by atoms with Crippen molar-refractivity contribution in [3.05, 3.63) is 11.3 Å². The Hall–Kier alpha value is -1.65. The summed E-state index contributed by atoms with van der Waals surface area (Å²) in [5.74, 6) is -0.427. The van der Waals surface area contributed by atoms with Crippen LogP contribution in [0.1, 0.15) is 106 Å². The zero-order valence-corrected chi connectivity index (χ0v) is 22.5. The number of aliphatic hydroxyl groups excluding tert-OH is 1. The number of carbonyl (C=O) groups excluding carboxylic acids is 2. The topological polar surface area (TPSA) is 91.7 Å². The summed E-state index contributed by atoms with van der Waals surface area (Å²) >= 11 is 0. The first-order valence-corrected chi connectivity index (χ1v) is 13.8. The summed E-state index contributed by atoms with van der Waals surface area (Å²) < 4.78 is 0. The van der Waals surface area contributed by atoms with Gasteiger partial charge in [-0.25, -0.2) is 0 Å². The van der Waals surface area contributed by atoms with Gasteiger partial charge in [0.1, 0.15) is 6.29 Å². The lowest BCUT2D eigenvalue weighted by Crippen LogP contribution is -2.68. The summed E-state index contributed by atoms with van der Waals surface area (Å²) in [7, 11) is 0. The molecule has 5 aliphatic rings. The number of rotatable bonds is 2. The van der Waals surface area contributed by atoms with E-state index >= 15 is 0 Å². The third-order valence-electron chi connectivity index (χ3n) is 13.5. The van der Waals surface area contributed by atoms with Gasteiger partial charge < -0.3 is 15.0 Å². The first kappa shape index (κ1) is 25.0. The smallest absolute Gasteiger partial charge is 0.309 e. The fraction of sp³-hybridized carbons (Fsp3) is 0.833. The second-order valence-corrected chi connectivity index (χ2v) is 14.5. The van der Waals surface area contributed by atoms with E-state index in [-0.39, 0.29) is 45.5 Å². The minimum absolute atomic E-state index is 0.0220. The molecule has 2 N–H and O–H groups in total. The third-order valence-corrected chi connectivity index (χ3v) is 13.5. The van der Waals surface area contributed by atoms with Gasteiger partial charge in [0, 0.05) is 6.42 Å². The number of ketones is 1. The lowest BCUT2D eigenvalue weighted by molar-refractivity contribution is -0.248. The summed E-state index contributed by atoms with van der Waals surface area (Å²) in [6.45, 7) is 13.4. The molecule has 194 valence electrons. The Bertz CT molecular complexity index is 1030. The molecule has 0 unspecified atom stereocenters. The van der Waals surface area contributed by atoms with Gasteiger partial charge in [-0.3, -0.25) is 9.59 Å². The lowest BCUT2D eigenvalue weighted by Gasteiger charge is -2.74. The van der Waals surface area contributed by atoms with Crippen molar-refractivity contribution in [2.75, 3.05) is 0 Å². The summed E-state index contributed by atoms with van der Waals surface area (Å²) in [5.41, 5.74) is -0.783. The van der Waals surface area contributed by atoms with E-state index in [2.05, 4.69) is 27.7 Å². The first-order valence-electron chi connectivity index (χ1n) is 13.8. The zero-order valence-electron chi connectivity index (χ0n) is 22.5. The van der Waals surface area contributed by atoms with Crippen LogP contribution in [0.15, 0.2) is 11.3 Å². The lowest BCUT2D eigenvalue weighted by atomic mass is 9.30. The van der Waals surface area contributed by atoms with E-state index in [9.17, 15) is 24.6 Å². The van der Waals surface area contributed by atoms with Gasteiger partial charge in [-0.15, -0.1) is 0 Å². The number of fused-ring (bicyclic) bond motifs is 7. The Labute approximate surface area is 210 Å². The molecule has 0 bridgehead atoms. The van der Waals surface area contributed by atoms with Crippen molar-refractivity contribution in [3.63, 3.8) is 0 Å². The molecule has 0 aliphatic heterocycles. The Kier molecular flexibility index (Phi) is 5.16. The van der Waals surface area contributed by atoms with Crippen molar-refractivity contribution < 1.29 is 24.6 Å². The highest BCUT2D eigenvalue weighted by Gasteiger charge is 2.71. The number of carbonyl (C=O) groups is 3. The van der Waals surface area contributed by atoms with Crippen molar-refractivity contribution >= 4 is 18.0 Å². The SMILES string of the molecule is CC1=C(O)C(=O)C[C@H]2[C@]3(C)CC[C@@]4(C)[C@@H]5C[C@@](C)(C(=O)O)CC[C@]5(C)CC[C@]4(C)[C@H]3CC[C@]12C=O. The molecule has 0 spiro atoms. The van der Waals surface area contributed by atoms with Gasteiger partial charge >= 0.3 is 5.97 Å². The normalized spacial score (nSPS) is 53.7. The van der Waals surface area contributed by atoms with Gasteiger partial charge in [-0.1, -0.05) is 27.7 Å². The molecule has 4 saturated carbocycles. The summed E-state index contributed by atoms with van der Waals surface area (Å²) in [6.07, 6.45) is 9.55. The molecule has 5 aliphatic carbocycles. The monoisotopic (exact) mass is 484 g/mol. The standard InChI is InChI=1S/C30H44O5/c1-18-23(33)19(32)15-21-27(4)12-14-29(6)22-16-26(3,24(34)35)10-9-25(22,2)11-13-28(29,5)20(27)7-8-30(18,21)17-31/h17,20-22,33H,7-16H2,1-6H3,(H,34,35)/t20-,21-,22+,25+,26-,27+,28+,29-,30-/m0/s1. The minimum Gasteiger partial charge on any atom is -0.504 e. The maximum atomic E-state index is 12.8. The first-order chi connectivity index (χ1) is 16.1. The Morgan fingerprint density at radius 1 is 0.886 bits per heavy atom. The van der Waals surface area contributed by atoms with Crippen LogP contribution in [0.5, 0.6) is 0 Å².